The van der Waals surface area contributed by atoms with Crippen molar-refractivity contribution in [2.75, 3.05) is 6.61 Å². The molecule has 1 aromatic heterocycles. The molecular formula is C19H15N3O4. The maximum Gasteiger partial charge on any atom is 0.288 e. The zero-order valence-corrected chi connectivity index (χ0v) is 13.6. The molecule has 0 saturated carbocycles. The Balaban J connectivity index is 1.38. The van der Waals surface area contributed by atoms with Crippen LogP contribution in [0.2, 0.25) is 0 Å². The third-order valence-electron chi connectivity index (χ3n) is 3.93. The van der Waals surface area contributed by atoms with Crippen LogP contribution < -0.4 is 20.3 Å². The van der Waals surface area contributed by atoms with Gasteiger partial charge >= 0.3 is 0 Å². The summed E-state index contributed by atoms with van der Waals surface area (Å²) in [7, 11) is 0. The standard InChI is InChI=1S/C19H15N3O4/c23-18(14-10-9-12-5-1-2-6-13(12)20-14)21-22-19(24)17-11-25-15-7-3-4-8-16(15)26-17/h1-10,17H,11H2,(H,21,23)(H,22,24)/t17-/m0/s1. The van der Waals surface area contributed by atoms with E-state index in [-0.39, 0.29) is 12.3 Å². The summed E-state index contributed by atoms with van der Waals surface area (Å²) in [4.78, 5) is 28.7. The molecule has 0 bridgehead atoms. The number of rotatable bonds is 2. The highest BCUT2D eigenvalue weighted by atomic mass is 16.6. The van der Waals surface area contributed by atoms with Crippen molar-refractivity contribution in [3.8, 4) is 11.5 Å². The van der Waals surface area contributed by atoms with Gasteiger partial charge in [0.1, 0.15) is 12.3 Å². The van der Waals surface area contributed by atoms with E-state index in [2.05, 4.69) is 15.8 Å². The van der Waals surface area contributed by atoms with Crippen molar-refractivity contribution in [1.82, 2.24) is 15.8 Å². The molecule has 26 heavy (non-hydrogen) atoms. The summed E-state index contributed by atoms with van der Waals surface area (Å²) in [5.41, 5.74) is 5.60. The molecule has 2 amide bonds. The van der Waals surface area contributed by atoms with Gasteiger partial charge in [-0.2, -0.15) is 0 Å². The van der Waals surface area contributed by atoms with E-state index in [1.807, 2.05) is 30.3 Å². The fourth-order valence-corrected chi connectivity index (χ4v) is 2.60. The molecule has 0 unspecified atom stereocenters. The molecule has 4 rings (SSSR count). The molecule has 0 spiro atoms. The van der Waals surface area contributed by atoms with Crippen LogP contribution in [0.15, 0.2) is 60.7 Å². The van der Waals surface area contributed by atoms with Gasteiger partial charge in [-0.25, -0.2) is 4.98 Å². The molecule has 0 aliphatic carbocycles. The Kier molecular flexibility index (Phi) is 4.10. The van der Waals surface area contributed by atoms with Gasteiger partial charge in [0.15, 0.2) is 11.5 Å². The van der Waals surface area contributed by atoms with Crippen LogP contribution in [-0.4, -0.2) is 29.5 Å². The summed E-state index contributed by atoms with van der Waals surface area (Å²) in [6, 6.07) is 17.9. The van der Waals surface area contributed by atoms with Crippen molar-refractivity contribution in [2.24, 2.45) is 0 Å². The lowest BCUT2D eigenvalue weighted by atomic mass is 10.2. The quantitative estimate of drug-likeness (QED) is 0.689. The maximum absolute atomic E-state index is 12.2. The fourth-order valence-electron chi connectivity index (χ4n) is 2.60. The maximum atomic E-state index is 12.2. The van der Waals surface area contributed by atoms with Crippen LogP contribution in [0.3, 0.4) is 0 Å². The second kappa shape index (κ2) is 6.72. The molecule has 0 fully saturated rings. The number of fused-ring (bicyclic) bond motifs is 2. The van der Waals surface area contributed by atoms with Crippen molar-refractivity contribution in [3.05, 3.63) is 66.4 Å². The third kappa shape index (κ3) is 3.14. The van der Waals surface area contributed by atoms with E-state index in [1.54, 1.807) is 30.3 Å². The monoisotopic (exact) mass is 349 g/mol. The highest BCUT2D eigenvalue weighted by molar-refractivity contribution is 5.96. The first-order valence-electron chi connectivity index (χ1n) is 8.05. The van der Waals surface area contributed by atoms with Crippen molar-refractivity contribution in [3.63, 3.8) is 0 Å². The van der Waals surface area contributed by atoms with Crippen LogP contribution in [-0.2, 0) is 4.79 Å². The molecule has 7 heteroatoms. The first kappa shape index (κ1) is 15.9. The Labute approximate surface area is 148 Å². The first-order valence-corrected chi connectivity index (χ1v) is 8.05. The average Bonchev–Trinajstić information content (AvgIpc) is 2.71. The zero-order chi connectivity index (χ0) is 17.9. The minimum Gasteiger partial charge on any atom is -0.485 e. The highest BCUT2D eigenvalue weighted by Crippen LogP contribution is 2.30. The van der Waals surface area contributed by atoms with Gasteiger partial charge in [-0.1, -0.05) is 36.4 Å². The summed E-state index contributed by atoms with van der Waals surface area (Å²) >= 11 is 0. The van der Waals surface area contributed by atoms with Crippen molar-refractivity contribution in [1.29, 1.82) is 0 Å². The van der Waals surface area contributed by atoms with Crippen molar-refractivity contribution in [2.45, 2.75) is 6.10 Å². The average molecular weight is 349 g/mol. The predicted molar refractivity (Wildman–Crippen MR) is 93.7 cm³/mol. The van der Waals surface area contributed by atoms with Gasteiger partial charge in [0.2, 0.25) is 6.10 Å². The molecule has 1 aliphatic heterocycles. The third-order valence-corrected chi connectivity index (χ3v) is 3.93. The number of nitrogens with zero attached hydrogens (tertiary/aromatic N) is 1. The number of benzene rings is 2. The zero-order valence-electron chi connectivity index (χ0n) is 13.6. The number of aromatic nitrogens is 1. The van der Waals surface area contributed by atoms with Gasteiger partial charge in [0.05, 0.1) is 5.52 Å². The number of ether oxygens (including phenoxy) is 2. The van der Waals surface area contributed by atoms with Crippen LogP contribution in [0, 0.1) is 0 Å². The lowest BCUT2D eigenvalue weighted by Crippen LogP contribution is -2.51. The summed E-state index contributed by atoms with van der Waals surface area (Å²) in [6.07, 6.45) is -0.852. The second-order valence-corrected chi connectivity index (χ2v) is 5.70. The number of amides is 2. The van der Waals surface area contributed by atoms with Crippen LogP contribution >= 0.6 is 0 Å². The second-order valence-electron chi connectivity index (χ2n) is 5.70. The van der Waals surface area contributed by atoms with Crippen molar-refractivity contribution < 1.29 is 19.1 Å². The summed E-state index contributed by atoms with van der Waals surface area (Å²) in [6.45, 7) is 0.0624. The topological polar surface area (TPSA) is 89.6 Å². The lowest BCUT2D eigenvalue weighted by Gasteiger charge is -2.25. The van der Waals surface area contributed by atoms with Gasteiger partial charge in [-0.05, 0) is 24.3 Å². The molecular weight excluding hydrogens is 334 g/mol. The fraction of sp³-hybridized carbons (Fsp3) is 0.105. The van der Waals surface area contributed by atoms with Gasteiger partial charge in [-0.3, -0.25) is 20.4 Å². The molecule has 1 atom stereocenters. The number of hydrazine groups is 1. The number of hydrogen-bond donors (Lipinski definition) is 2. The molecule has 2 aromatic carbocycles. The predicted octanol–water partition coefficient (Wildman–Crippen LogP) is 1.84. The van der Waals surface area contributed by atoms with E-state index < -0.39 is 17.9 Å². The Hall–Kier alpha value is -3.61. The summed E-state index contributed by atoms with van der Waals surface area (Å²) in [5.74, 6) is 0.0530. The van der Waals surface area contributed by atoms with E-state index in [4.69, 9.17) is 9.47 Å². The normalized spacial score (nSPS) is 15.3. The van der Waals surface area contributed by atoms with E-state index >= 15 is 0 Å². The van der Waals surface area contributed by atoms with Gasteiger partial charge in [-0.15, -0.1) is 0 Å². The van der Waals surface area contributed by atoms with Gasteiger partial charge in [0.25, 0.3) is 11.8 Å². The van der Waals surface area contributed by atoms with E-state index in [1.165, 1.54) is 0 Å². The molecule has 0 saturated heterocycles. The smallest absolute Gasteiger partial charge is 0.288 e. The SMILES string of the molecule is O=C(NNC(=O)[C@@H]1COc2ccccc2O1)c1ccc2ccccc2n1. The van der Waals surface area contributed by atoms with Crippen LogP contribution in [0.5, 0.6) is 11.5 Å². The molecule has 2 heterocycles. The molecule has 130 valence electrons. The minimum atomic E-state index is -0.852. The van der Waals surface area contributed by atoms with Crippen molar-refractivity contribution >= 4 is 22.7 Å². The van der Waals surface area contributed by atoms with Crippen LogP contribution in [0.25, 0.3) is 10.9 Å². The summed E-state index contributed by atoms with van der Waals surface area (Å²) in [5, 5.41) is 0.930. The Morgan fingerprint density at radius 1 is 0.923 bits per heavy atom. The van der Waals surface area contributed by atoms with E-state index in [0.717, 1.165) is 5.39 Å². The van der Waals surface area contributed by atoms with Crippen LogP contribution in [0.4, 0.5) is 0 Å². The van der Waals surface area contributed by atoms with E-state index in [9.17, 15) is 9.59 Å². The number of nitrogens with one attached hydrogen (secondary N) is 2. The van der Waals surface area contributed by atoms with E-state index in [0.29, 0.717) is 17.0 Å². The Morgan fingerprint density at radius 3 is 2.58 bits per heavy atom. The Bertz CT molecular complexity index is 989. The van der Waals surface area contributed by atoms with Gasteiger partial charge < -0.3 is 9.47 Å². The van der Waals surface area contributed by atoms with Crippen LogP contribution in [0.1, 0.15) is 10.5 Å². The number of para-hydroxylation sites is 3. The molecule has 1 aliphatic rings. The highest BCUT2D eigenvalue weighted by Gasteiger charge is 2.27. The number of carbonyl (C=O) groups excluding carboxylic acids is 2. The summed E-state index contributed by atoms with van der Waals surface area (Å²) < 4.78 is 11.1. The lowest BCUT2D eigenvalue weighted by molar-refractivity contribution is -0.131. The molecule has 0 radical (unpaired) electrons. The minimum absolute atomic E-state index is 0.0624. The number of hydrogen-bond acceptors (Lipinski definition) is 5. The largest absolute Gasteiger partial charge is 0.485 e. The molecule has 2 N–H and O–H groups in total. The molecule has 3 aromatic rings. The number of carbonyl (C=O) groups is 2. The number of pyridine rings is 1. The Morgan fingerprint density at radius 2 is 1.69 bits per heavy atom. The van der Waals surface area contributed by atoms with Gasteiger partial charge in [0, 0.05) is 5.39 Å². The first-order chi connectivity index (χ1) is 12.7. The molecule has 7 nitrogen and oxygen atoms in total.